The van der Waals surface area contributed by atoms with Crippen LogP contribution in [0, 0.1) is 5.41 Å². The van der Waals surface area contributed by atoms with Gasteiger partial charge in [0.25, 0.3) is 5.91 Å². The number of sulfonamides is 1. The molecule has 10 heteroatoms. The number of carbonyl (C=O) groups excluding carboxylic acids is 2. The number of primary amides is 1. The number of amides is 2. The molecule has 0 spiro atoms. The number of nitrogens with two attached hydrogens (primary N) is 1. The molecule has 0 bridgehead atoms. The van der Waals surface area contributed by atoms with E-state index in [0.717, 1.165) is 34.9 Å². The van der Waals surface area contributed by atoms with Gasteiger partial charge in [0.2, 0.25) is 10.0 Å². The zero-order valence-corrected chi connectivity index (χ0v) is 25.6. The summed E-state index contributed by atoms with van der Waals surface area (Å²) in [6.07, 6.45) is 1.14. The van der Waals surface area contributed by atoms with Gasteiger partial charge < -0.3 is 20.9 Å². The summed E-state index contributed by atoms with van der Waals surface area (Å²) in [5.41, 5.74) is 7.57. The molecule has 0 aliphatic heterocycles. The van der Waals surface area contributed by atoms with Crippen LogP contribution in [-0.4, -0.2) is 44.9 Å². The van der Waals surface area contributed by atoms with Crippen molar-refractivity contribution in [3.8, 4) is 11.1 Å². The smallest absolute Gasteiger partial charge is 0.404 e. The lowest BCUT2D eigenvalue weighted by molar-refractivity contribution is -0.0794. The topological polar surface area (TPSA) is 148 Å². The van der Waals surface area contributed by atoms with E-state index in [4.69, 9.17) is 10.5 Å². The van der Waals surface area contributed by atoms with Crippen LogP contribution >= 0.6 is 0 Å². The Hall–Kier alpha value is -3.89. The van der Waals surface area contributed by atoms with Crippen molar-refractivity contribution >= 4 is 27.7 Å². The van der Waals surface area contributed by atoms with E-state index in [-0.39, 0.29) is 24.5 Å². The summed E-state index contributed by atoms with van der Waals surface area (Å²) in [6, 6.07) is 22.3. The Morgan fingerprint density at radius 2 is 1.60 bits per heavy atom. The molecule has 0 saturated carbocycles. The second-order valence-corrected chi connectivity index (χ2v) is 13.3. The number of hydrogen-bond acceptors (Lipinski definition) is 7. The number of carbonyl (C=O) groups is 2. The third-order valence-electron chi connectivity index (χ3n) is 7.28. The van der Waals surface area contributed by atoms with Crippen LogP contribution in [0.5, 0.6) is 0 Å². The summed E-state index contributed by atoms with van der Waals surface area (Å²) in [6.45, 7) is 8.50. The van der Waals surface area contributed by atoms with Gasteiger partial charge in [-0.05, 0) is 52.6 Å². The lowest BCUT2D eigenvalue weighted by Crippen LogP contribution is -2.42. The summed E-state index contributed by atoms with van der Waals surface area (Å²) < 4.78 is 30.5. The molecule has 9 nitrogen and oxygen atoms in total. The van der Waals surface area contributed by atoms with Crippen LogP contribution in [0.15, 0.2) is 72.8 Å². The zero-order chi connectivity index (χ0) is 31.1. The van der Waals surface area contributed by atoms with Gasteiger partial charge in [0.15, 0.2) is 0 Å². The third kappa shape index (κ3) is 8.33. The molecule has 3 aromatic rings. The first-order valence-electron chi connectivity index (χ1n) is 13.8. The van der Waals surface area contributed by atoms with Crippen molar-refractivity contribution in [3.05, 3.63) is 89.5 Å². The molecule has 0 saturated heterocycles. The van der Waals surface area contributed by atoms with Gasteiger partial charge in [-0.25, -0.2) is 17.9 Å². The first-order chi connectivity index (χ1) is 19.6. The van der Waals surface area contributed by atoms with Gasteiger partial charge >= 0.3 is 6.09 Å². The van der Waals surface area contributed by atoms with E-state index in [1.807, 2.05) is 93.1 Å². The summed E-state index contributed by atoms with van der Waals surface area (Å²) >= 11 is 0. The Morgan fingerprint density at radius 1 is 0.976 bits per heavy atom. The molecular formula is C32H41N3O6S. The van der Waals surface area contributed by atoms with E-state index in [0.29, 0.717) is 12.2 Å². The molecule has 42 heavy (non-hydrogen) atoms. The Morgan fingerprint density at radius 3 is 2.14 bits per heavy atom. The largest absolute Gasteiger partial charge is 0.449 e. The van der Waals surface area contributed by atoms with Crippen LogP contribution in [0.1, 0.15) is 67.9 Å². The molecule has 3 aromatic carbocycles. The molecule has 1 unspecified atom stereocenters. The molecule has 2 amide bonds. The molecule has 0 aliphatic rings. The van der Waals surface area contributed by atoms with Crippen molar-refractivity contribution in [1.29, 1.82) is 0 Å². The lowest BCUT2D eigenvalue weighted by Gasteiger charge is -2.43. The van der Waals surface area contributed by atoms with Crippen LogP contribution in [0.25, 0.3) is 11.1 Å². The average molecular weight is 596 g/mol. The van der Waals surface area contributed by atoms with Crippen molar-refractivity contribution in [2.24, 2.45) is 11.1 Å². The van der Waals surface area contributed by atoms with Crippen molar-refractivity contribution in [2.75, 3.05) is 24.7 Å². The number of aliphatic hydroxyl groups is 1. The van der Waals surface area contributed by atoms with Gasteiger partial charge in [0.05, 0.1) is 17.4 Å². The Labute approximate surface area is 248 Å². The van der Waals surface area contributed by atoms with Crippen molar-refractivity contribution in [3.63, 3.8) is 0 Å². The Kier molecular flexibility index (Phi) is 10.4. The van der Waals surface area contributed by atoms with Crippen LogP contribution < -0.4 is 15.8 Å². The standard InChI is InChI=1S/C32H41N3O6S/c1-6-18-34-28-19-24(16-17-27(28)29(36)35-42(5,39)40)22-12-14-23(15-13-22)25(21-41-30(33)37)20-32(38,31(2,3)4)26-10-8-7-9-11-26/h7-17,19,25,34,38H,6,18,20-21H2,1-5H3,(H2,33,37)(H,35,36)/t25?,32-/m0/s1. The minimum absolute atomic E-state index is 0.00483. The van der Waals surface area contributed by atoms with Gasteiger partial charge in [0.1, 0.15) is 6.61 Å². The summed E-state index contributed by atoms with van der Waals surface area (Å²) in [5, 5.41) is 15.3. The molecule has 2 atom stereocenters. The summed E-state index contributed by atoms with van der Waals surface area (Å²) in [4.78, 5) is 24.1. The molecule has 0 fully saturated rings. The molecule has 0 heterocycles. The number of nitrogens with one attached hydrogen (secondary N) is 2. The van der Waals surface area contributed by atoms with Crippen LogP contribution in [0.2, 0.25) is 0 Å². The van der Waals surface area contributed by atoms with Crippen molar-refractivity contribution < 1.29 is 27.9 Å². The Balaban J connectivity index is 1.97. The minimum Gasteiger partial charge on any atom is -0.449 e. The highest BCUT2D eigenvalue weighted by molar-refractivity contribution is 7.89. The highest BCUT2D eigenvalue weighted by Gasteiger charge is 2.43. The van der Waals surface area contributed by atoms with Gasteiger partial charge in [-0.3, -0.25) is 4.79 Å². The highest BCUT2D eigenvalue weighted by Crippen LogP contribution is 2.46. The normalized spacial score (nSPS) is 14.0. The first-order valence-corrected chi connectivity index (χ1v) is 15.7. The van der Waals surface area contributed by atoms with Crippen molar-refractivity contribution in [1.82, 2.24) is 4.72 Å². The second-order valence-electron chi connectivity index (χ2n) is 11.5. The number of ether oxygens (including phenoxy) is 1. The SMILES string of the molecule is CCCNc1cc(-c2ccc(C(COC(N)=O)C[C@](O)(c3ccccc3)C(C)(C)C)cc2)ccc1C(=O)NS(C)(=O)=O. The summed E-state index contributed by atoms with van der Waals surface area (Å²) in [5.74, 6) is -1.07. The van der Waals surface area contributed by atoms with E-state index in [1.165, 1.54) is 0 Å². The van der Waals surface area contributed by atoms with Gasteiger partial charge in [-0.1, -0.05) is 88.4 Å². The van der Waals surface area contributed by atoms with E-state index >= 15 is 0 Å². The molecule has 0 radical (unpaired) electrons. The highest BCUT2D eigenvalue weighted by atomic mass is 32.2. The maximum absolute atomic E-state index is 12.6. The molecule has 0 aliphatic carbocycles. The van der Waals surface area contributed by atoms with E-state index < -0.39 is 33.0 Å². The van der Waals surface area contributed by atoms with Crippen molar-refractivity contribution in [2.45, 2.75) is 52.1 Å². The Bertz CT molecular complexity index is 1480. The molecule has 226 valence electrons. The lowest BCUT2D eigenvalue weighted by atomic mass is 9.67. The number of benzene rings is 3. The number of anilines is 1. The maximum Gasteiger partial charge on any atom is 0.404 e. The monoisotopic (exact) mass is 595 g/mol. The van der Waals surface area contributed by atoms with Crippen LogP contribution in [0.3, 0.4) is 0 Å². The van der Waals surface area contributed by atoms with Gasteiger partial charge in [-0.2, -0.15) is 0 Å². The fourth-order valence-corrected chi connectivity index (χ4v) is 5.33. The molecular weight excluding hydrogens is 554 g/mol. The van der Waals surface area contributed by atoms with Crippen LogP contribution in [-0.2, 0) is 20.4 Å². The van der Waals surface area contributed by atoms with Gasteiger partial charge in [0, 0.05) is 18.2 Å². The van der Waals surface area contributed by atoms with E-state index in [1.54, 1.807) is 12.1 Å². The predicted octanol–water partition coefficient (Wildman–Crippen LogP) is 5.37. The fourth-order valence-electron chi connectivity index (χ4n) is 4.88. The maximum atomic E-state index is 12.6. The van der Waals surface area contributed by atoms with E-state index in [2.05, 4.69) is 5.32 Å². The quantitative estimate of drug-likeness (QED) is 0.220. The molecule has 0 aromatic heterocycles. The average Bonchev–Trinajstić information content (AvgIpc) is 2.92. The van der Waals surface area contributed by atoms with Crippen LogP contribution in [0.4, 0.5) is 10.5 Å². The predicted molar refractivity (Wildman–Crippen MR) is 166 cm³/mol. The van der Waals surface area contributed by atoms with E-state index in [9.17, 15) is 23.1 Å². The first kappa shape index (κ1) is 32.6. The zero-order valence-electron chi connectivity index (χ0n) is 24.8. The molecule has 3 rings (SSSR count). The number of rotatable bonds is 12. The minimum atomic E-state index is -3.72. The number of hydrogen-bond donors (Lipinski definition) is 4. The van der Waals surface area contributed by atoms with Gasteiger partial charge in [-0.15, -0.1) is 0 Å². The molecule has 5 N–H and O–H groups in total. The second kappa shape index (κ2) is 13.4. The third-order valence-corrected chi connectivity index (χ3v) is 7.84. The summed E-state index contributed by atoms with van der Waals surface area (Å²) in [7, 11) is -3.72. The fraction of sp³-hybridized carbons (Fsp3) is 0.375.